The molecule has 0 aliphatic heterocycles. The smallest absolute Gasteiger partial charge is 0.134 e. The molecule has 19 heavy (non-hydrogen) atoms. The third-order valence-corrected chi connectivity index (χ3v) is 2.87. The Morgan fingerprint density at radius 2 is 2.21 bits per heavy atom. The van der Waals surface area contributed by atoms with Gasteiger partial charge in [-0.1, -0.05) is 30.3 Å². The Labute approximate surface area is 113 Å². The van der Waals surface area contributed by atoms with Crippen molar-refractivity contribution >= 4 is 0 Å². The van der Waals surface area contributed by atoms with Crippen LogP contribution in [0.1, 0.15) is 23.7 Å². The molecule has 2 rings (SSSR count). The number of hydrogen-bond acceptors (Lipinski definition) is 4. The van der Waals surface area contributed by atoms with Crippen LogP contribution in [0.5, 0.6) is 5.75 Å². The molecule has 0 spiro atoms. The van der Waals surface area contributed by atoms with E-state index in [0.717, 1.165) is 30.1 Å². The highest BCUT2D eigenvalue weighted by molar-refractivity contribution is 5.40. The molecule has 1 aromatic heterocycles. The van der Waals surface area contributed by atoms with Crippen LogP contribution in [0.3, 0.4) is 0 Å². The lowest BCUT2D eigenvalue weighted by Gasteiger charge is -2.13. The second-order valence-corrected chi connectivity index (χ2v) is 4.52. The first kappa shape index (κ1) is 13.5. The molecule has 0 saturated carbocycles. The summed E-state index contributed by atoms with van der Waals surface area (Å²) in [6.45, 7) is 6.35. The van der Waals surface area contributed by atoms with Crippen LogP contribution in [0.25, 0.3) is 0 Å². The van der Waals surface area contributed by atoms with Gasteiger partial charge in [-0.05, 0) is 19.0 Å². The van der Waals surface area contributed by atoms with Crippen molar-refractivity contribution in [2.45, 2.75) is 27.0 Å². The van der Waals surface area contributed by atoms with Crippen LogP contribution in [0.4, 0.5) is 0 Å². The van der Waals surface area contributed by atoms with E-state index >= 15 is 0 Å². The number of hydrogen-bond donors (Lipinski definition) is 1. The highest BCUT2D eigenvalue weighted by Crippen LogP contribution is 2.24. The molecule has 5 heteroatoms. The Kier molecular flexibility index (Phi) is 4.52. The van der Waals surface area contributed by atoms with Crippen molar-refractivity contribution in [2.24, 2.45) is 7.05 Å². The van der Waals surface area contributed by atoms with Crippen molar-refractivity contribution in [1.29, 1.82) is 0 Å². The molecule has 1 aromatic carbocycles. The number of aryl methyl sites for hydroxylation is 2. The molecule has 1 heterocycles. The third kappa shape index (κ3) is 3.54. The zero-order valence-corrected chi connectivity index (χ0v) is 11.7. The Bertz CT molecular complexity index is 536. The zero-order chi connectivity index (χ0) is 13.7. The summed E-state index contributed by atoms with van der Waals surface area (Å²) in [6.07, 6.45) is 1.86. The van der Waals surface area contributed by atoms with E-state index in [1.165, 1.54) is 5.56 Å². The van der Waals surface area contributed by atoms with Gasteiger partial charge >= 0.3 is 0 Å². The number of rotatable bonds is 6. The van der Waals surface area contributed by atoms with Crippen molar-refractivity contribution < 1.29 is 4.74 Å². The quantitative estimate of drug-likeness (QED) is 0.860. The van der Waals surface area contributed by atoms with Gasteiger partial charge in [-0.3, -0.25) is 4.68 Å². The lowest BCUT2D eigenvalue weighted by Crippen LogP contribution is -2.13. The number of ether oxygens (including phenoxy) is 1. The highest BCUT2D eigenvalue weighted by Gasteiger charge is 2.08. The summed E-state index contributed by atoms with van der Waals surface area (Å²) >= 11 is 0. The monoisotopic (exact) mass is 260 g/mol. The zero-order valence-electron chi connectivity index (χ0n) is 11.7. The third-order valence-electron chi connectivity index (χ3n) is 2.87. The van der Waals surface area contributed by atoms with E-state index in [0.29, 0.717) is 6.61 Å². The van der Waals surface area contributed by atoms with Crippen molar-refractivity contribution in [3.8, 4) is 5.75 Å². The molecular weight excluding hydrogens is 240 g/mol. The summed E-state index contributed by atoms with van der Waals surface area (Å²) in [5.74, 6) is 0.939. The molecule has 0 radical (unpaired) electrons. The average Bonchev–Trinajstić information content (AvgIpc) is 2.81. The second-order valence-electron chi connectivity index (χ2n) is 4.52. The molecule has 1 N–H and O–H groups in total. The highest BCUT2D eigenvalue weighted by atomic mass is 16.5. The van der Waals surface area contributed by atoms with Gasteiger partial charge in [0, 0.05) is 19.2 Å². The first-order valence-corrected chi connectivity index (χ1v) is 6.48. The Morgan fingerprint density at radius 1 is 1.37 bits per heavy atom. The Balaban J connectivity index is 2.09. The molecule has 102 valence electrons. The van der Waals surface area contributed by atoms with E-state index in [-0.39, 0.29) is 0 Å². The lowest BCUT2D eigenvalue weighted by atomic mass is 10.1. The van der Waals surface area contributed by atoms with Crippen LogP contribution in [-0.4, -0.2) is 21.5 Å². The summed E-state index contributed by atoms with van der Waals surface area (Å²) in [6, 6.07) is 6.19. The molecular formula is C14H20N4O. The van der Waals surface area contributed by atoms with Crippen molar-refractivity contribution in [3.05, 3.63) is 41.2 Å². The van der Waals surface area contributed by atoms with E-state index in [9.17, 15) is 0 Å². The number of aromatic nitrogens is 3. The van der Waals surface area contributed by atoms with Gasteiger partial charge in [-0.15, -0.1) is 5.10 Å². The van der Waals surface area contributed by atoms with Crippen LogP contribution in [0.15, 0.2) is 24.4 Å². The van der Waals surface area contributed by atoms with Gasteiger partial charge in [0.1, 0.15) is 18.1 Å². The predicted octanol–water partition coefficient (Wildman–Crippen LogP) is 1.81. The number of para-hydroxylation sites is 1. The van der Waals surface area contributed by atoms with Gasteiger partial charge < -0.3 is 10.1 Å². The summed E-state index contributed by atoms with van der Waals surface area (Å²) in [4.78, 5) is 0. The maximum absolute atomic E-state index is 5.91. The molecule has 5 nitrogen and oxygen atoms in total. The summed E-state index contributed by atoms with van der Waals surface area (Å²) in [5, 5.41) is 11.2. The van der Waals surface area contributed by atoms with Gasteiger partial charge in [0.2, 0.25) is 0 Å². The molecule has 0 bridgehead atoms. The topological polar surface area (TPSA) is 52.0 Å². The van der Waals surface area contributed by atoms with Gasteiger partial charge in [-0.2, -0.15) is 0 Å². The first-order chi connectivity index (χ1) is 9.20. The number of nitrogens with zero attached hydrogens (tertiary/aromatic N) is 3. The number of benzene rings is 1. The molecule has 0 saturated heterocycles. The summed E-state index contributed by atoms with van der Waals surface area (Å²) in [7, 11) is 1.85. The molecule has 0 aliphatic rings. The van der Waals surface area contributed by atoms with Crippen LogP contribution < -0.4 is 10.1 Å². The molecule has 0 unspecified atom stereocenters. The first-order valence-electron chi connectivity index (χ1n) is 6.48. The van der Waals surface area contributed by atoms with E-state index in [1.807, 2.05) is 13.2 Å². The molecule has 0 atom stereocenters. The second kappa shape index (κ2) is 6.33. The maximum atomic E-state index is 5.91. The fourth-order valence-electron chi connectivity index (χ4n) is 1.93. The van der Waals surface area contributed by atoms with Crippen molar-refractivity contribution in [1.82, 2.24) is 20.3 Å². The Morgan fingerprint density at radius 3 is 2.89 bits per heavy atom. The minimum absolute atomic E-state index is 0.442. The van der Waals surface area contributed by atoms with Crippen LogP contribution in [0, 0.1) is 6.92 Å². The summed E-state index contributed by atoms with van der Waals surface area (Å²) in [5.41, 5.74) is 3.14. The van der Waals surface area contributed by atoms with Gasteiger partial charge in [0.05, 0.1) is 6.20 Å². The summed E-state index contributed by atoms with van der Waals surface area (Å²) < 4.78 is 7.59. The fraction of sp³-hybridized carbons (Fsp3) is 0.429. The standard InChI is InChI=1S/C14H20N4O/c1-4-15-8-12-7-5-6-11(2)14(12)19-10-13-9-18(3)17-16-13/h5-7,9,15H,4,8,10H2,1-3H3. The van der Waals surface area contributed by atoms with Crippen molar-refractivity contribution in [3.63, 3.8) is 0 Å². The predicted molar refractivity (Wildman–Crippen MR) is 73.9 cm³/mol. The van der Waals surface area contributed by atoms with Crippen LogP contribution >= 0.6 is 0 Å². The minimum Gasteiger partial charge on any atom is -0.487 e. The minimum atomic E-state index is 0.442. The van der Waals surface area contributed by atoms with E-state index in [4.69, 9.17) is 4.74 Å². The normalized spacial score (nSPS) is 10.7. The molecule has 2 aromatic rings. The van der Waals surface area contributed by atoms with Crippen LogP contribution in [0.2, 0.25) is 0 Å². The van der Waals surface area contributed by atoms with Gasteiger partial charge in [0.15, 0.2) is 0 Å². The maximum Gasteiger partial charge on any atom is 0.134 e. The average molecular weight is 260 g/mol. The van der Waals surface area contributed by atoms with E-state index in [1.54, 1.807) is 4.68 Å². The lowest BCUT2D eigenvalue weighted by molar-refractivity contribution is 0.295. The largest absolute Gasteiger partial charge is 0.487 e. The number of nitrogens with one attached hydrogen (secondary N) is 1. The molecule has 0 aliphatic carbocycles. The SMILES string of the molecule is CCNCc1cccc(C)c1OCc1cn(C)nn1. The van der Waals surface area contributed by atoms with E-state index < -0.39 is 0 Å². The van der Waals surface area contributed by atoms with Gasteiger partial charge in [-0.25, -0.2) is 0 Å². The fourth-order valence-corrected chi connectivity index (χ4v) is 1.93. The molecule has 0 fully saturated rings. The Hall–Kier alpha value is -1.88. The molecule has 0 amide bonds. The van der Waals surface area contributed by atoms with Gasteiger partial charge in [0.25, 0.3) is 0 Å². The van der Waals surface area contributed by atoms with Crippen molar-refractivity contribution in [2.75, 3.05) is 6.54 Å². The van der Waals surface area contributed by atoms with E-state index in [2.05, 4.69) is 47.7 Å². The van der Waals surface area contributed by atoms with Crippen LogP contribution in [-0.2, 0) is 20.2 Å².